The second-order valence-corrected chi connectivity index (χ2v) is 7.80. The van der Waals surface area contributed by atoms with Crippen molar-refractivity contribution in [3.8, 4) is 0 Å². The number of nitrogens with one attached hydrogen (secondary N) is 1. The lowest BCUT2D eigenvalue weighted by molar-refractivity contribution is -0.119. The van der Waals surface area contributed by atoms with E-state index in [4.69, 9.17) is 17.3 Å². The number of rotatable bonds is 4. The molecule has 1 saturated heterocycles. The van der Waals surface area contributed by atoms with Crippen molar-refractivity contribution >= 4 is 69.0 Å². The number of thiazole rings is 1. The van der Waals surface area contributed by atoms with E-state index in [1.165, 1.54) is 0 Å². The van der Waals surface area contributed by atoms with E-state index in [1.54, 1.807) is 18.4 Å². The predicted molar refractivity (Wildman–Crippen MR) is 118 cm³/mol. The summed E-state index contributed by atoms with van der Waals surface area (Å²) in [7, 11) is 1.78. The standard InChI is InChI=1S/C17H22ClN5OS.HI/c1-20-17(23-6-2-3-11(10-23)7-15(19)24)21-9-16-22-13-8-12(18)4-5-14(13)25-16;/h4-5,8,11H,2-3,6-7,9-10H2,1H3,(H2,19,24)(H,20,21);1H. The summed E-state index contributed by atoms with van der Waals surface area (Å²) < 4.78 is 1.12. The third-order valence-electron chi connectivity index (χ3n) is 4.31. The van der Waals surface area contributed by atoms with Crippen LogP contribution in [-0.4, -0.2) is 41.9 Å². The van der Waals surface area contributed by atoms with E-state index in [1.807, 2.05) is 18.2 Å². The fourth-order valence-corrected chi connectivity index (χ4v) is 4.27. The van der Waals surface area contributed by atoms with Crippen LogP contribution in [0.2, 0.25) is 5.02 Å². The second-order valence-electron chi connectivity index (χ2n) is 6.25. The molecule has 0 saturated carbocycles. The van der Waals surface area contributed by atoms with Gasteiger partial charge in [-0.05, 0) is 37.0 Å². The third kappa shape index (κ3) is 5.43. The first-order chi connectivity index (χ1) is 12.0. The summed E-state index contributed by atoms with van der Waals surface area (Å²) in [6, 6.07) is 5.75. The van der Waals surface area contributed by atoms with Crippen molar-refractivity contribution in [2.24, 2.45) is 16.6 Å². The normalized spacial score (nSPS) is 17.8. The Balaban J connectivity index is 0.00000243. The molecule has 1 aliphatic rings. The number of piperidine rings is 1. The molecule has 0 aliphatic carbocycles. The van der Waals surface area contributed by atoms with E-state index in [-0.39, 0.29) is 29.9 Å². The second kappa shape index (κ2) is 9.70. The fraction of sp³-hybridized carbons (Fsp3) is 0.471. The van der Waals surface area contributed by atoms with Crippen molar-refractivity contribution < 1.29 is 4.79 Å². The molecular weight excluding hydrogens is 485 g/mol. The monoisotopic (exact) mass is 507 g/mol. The van der Waals surface area contributed by atoms with Gasteiger partial charge in [0, 0.05) is 31.6 Å². The van der Waals surface area contributed by atoms with Crippen LogP contribution in [-0.2, 0) is 11.3 Å². The highest BCUT2D eigenvalue weighted by atomic mass is 127. The Morgan fingerprint density at radius 2 is 2.35 bits per heavy atom. The molecule has 1 aliphatic heterocycles. The molecule has 1 fully saturated rings. The number of carbonyl (C=O) groups excluding carboxylic acids is 1. The van der Waals surface area contributed by atoms with Crippen LogP contribution in [0.4, 0.5) is 0 Å². The number of halogens is 2. The van der Waals surface area contributed by atoms with Gasteiger partial charge in [0.2, 0.25) is 5.91 Å². The summed E-state index contributed by atoms with van der Waals surface area (Å²) in [4.78, 5) is 22.4. The average molecular weight is 508 g/mol. The van der Waals surface area contributed by atoms with Crippen molar-refractivity contribution in [3.63, 3.8) is 0 Å². The summed E-state index contributed by atoms with van der Waals surface area (Å²) in [5.74, 6) is 0.906. The zero-order valence-corrected chi connectivity index (χ0v) is 18.5. The van der Waals surface area contributed by atoms with Gasteiger partial charge in [0.05, 0.1) is 16.8 Å². The van der Waals surface area contributed by atoms with E-state index in [0.29, 0.717) is 23.9 Å². The molecule has 142 valence electrons. The smallest absolute Gasteiger partial charge is 0.217 e. The molecule has 3 N–H and O–H groups in total. The Morgan fingerprint density at radius 3 is 3.08 bits per heavy atom. The Kier molecular flexibility index (Phi) is 7.90. The maximum Gasteiger partial charge on any atom is 0.217 e. The number of benzene rings is 1. The van der Waals surface area contributed by atoms with E-state index in [0.717, 1.165) is 47.1 Å². The number of likely N-dealkylation sites (tertiary alicyclic amines) is 1. The number of nitrogens with two attached hydrogens (primary N) is 1. The molecule has 1 aromatic heterocycles. The Bertz CT molecular complexity index is 797. The van der Waals surface area contributed by atoms with Crippen molar-refractivity contribution in [2.75, 3.05) is 20.1 Å². The number of carbonyl (C=O) groups is 1. The van der Waals surface area contributed by atoms with Crippen LogP contribution in [0.5, 0.6) is 0 Å². The van der Waals surface area contributed by atoms with Crippen LogP contribution in [0.15, 0.2) is 23.2 Å². The molecule has 2 heterocycles. The van der Waals surface area contributed by atoms with E-state index < -0.39 is 0 Å². The lowest BCUT2D eigenvalue weighted by atomic mass is 9.95. The van der Waals surface area contributed by atoms with Gasteiger partial charge in [0.25, 0.3) is 0 Å². The van der Waals surface area contributed by atoms with E-state index >= 15 is 0 Å². The molecular formula is C17H23ClIN5OS. The maximum atomic E-state index is 11.2. The van der Waals surface area contributed by atoms with Gasteiger partial charge in [0.1, 0.15) is 5.01 Å². The molecule has 0 bridgehead atoms. The zero-order valence-electron chi connectivity index (χ0n) is 14.6. The third-order valence-corrected chi connectivity index (χ3v) is 5.58. The van der Waals surface area contributed by atoms with E-state index in [9.17, 15) is 4.79 Å². The number of nitrogens with zero attached hydrogens (tertiary/aromatic N) is 3. The van der Waals surface area contributed by atoms with Crippen LogP contribution in [0.25, 0.3) is 10.2 Å². The van der Waals surface area contributed by atoms with Crippen LogP contribution >= 0.6 is 46.9 Å². The summed E-state index contributed by atoms with van der Waals surface area (Å²) in [5.41, 5.74) is 6.26. The number of aliphatic imine (C=N–C) groups is 1. The summed E-state index contributed by atoms with van der Waals surface area (Å²) in [6.07, 6.45) is 2.51. The van der Waals surface area contributed by atoms with Gasteiger partial charge in [0.15, 0.2) is 5.96 Å². The largest absolute Gasteiger partial charge is 0.370 e. The molecule has 2 aromatic rings. The summed E-state index contributed by atoms with van der Waals surface area (Å²) in [5, 5.41) is 5.07. The molecule has 6 nitrogen and oxygen atoms in total. The summed E-state index contributed by atoms with van der Waals surface area (Å²) >= 11 is 7.67. The van der Waals surface area contributed by atoms with Crippen molar-refractivity contribution in [1.82, 2.24) is 15.2 Å². The molecule has 26 heavy (non-hydrogen) atoms. The van der Waals surface area contributed by atoms with Gasteiger partial charge in [-0.15, -0.1) is 35.3 Å². The van der Waals surface area contributed by atoms with Gasteiger partial charge in [-0.25, -0.2) is 4.98 Å². The van der Waals surface area contributed by atoms with Crippen molar-refractivity contribution in [3.05, 3.63) is 28.2 Å². The minimum atomic E-state index is -0.233. The molecule has 0 spiro atoms. The topological polar surface area (TPSA) is 83.6 Å². The van der Waals surface area contributed by atoms with Crippen LogP contribution in [0, 0.1) is 5.92 Å². The number of hydrogen-bond donors (Lipinski definition) is 2. The minimum absolute atomic E-state index is 0. The molecule has 0 radical (unpaired) electrons. The Hall–Kier alpha value is -1.13. The number of guanidine groups is 1. The number of amides is 1. The highest BCUT2D eigenvalue weighted by Gasteiger charge is 2.23. The summed E-state index contributed by atoms with van der Waals surface area (Å²) in [6.45, 7) is 2.35. The molecule has 1 aromatic carbocycles. The first-order valence-corrected chi connectivity index (χ1v) is 9.53. The lowest BCUT2D eigenvalue weighted by Crippen LogP contribution is -2.46. The number of aromatic nitrogens is 1. The zero-order chi connectivity index (χ0) is 17.8. The molecule has 9 heteroatoms. The maximum absolute atomic E-state index is 11.2. The fourth-order valence-electron chi connectivity index (χ4n) is 3.22. The van der Waals surface area contributed by atoms with E-state index in [2.05, 4.69) is 20.2 Å². The Morgan fingerprint density at radius 1 is 1.54 bits per heavy atom. The molecule has 1 unspecified atom stereocenters. The number of primary amides is 1. The Labute approximate surface area is 179 Å². The molecule has 3 rings (SSSR count). The van der Waals surface area contributed by atoms with Crippen LogP contribution in [0.1, 0.15) is 24.3 Å². The predicted octanol–water partition coefficient (Wildman–Crippen LogP) is 3.23. The average Bonchev–Trinajstić information content (AvgIpc) is 2.97. The highest BCUT2D eigenvalue weighted by Crippen LogP contribution is 2.25. The lowest BCUT2D eigenvalue weighted by Gasteiger charge is -2.34. The first kappa shape index (κ1) is 21.2. The molecule has 1 atom stereocenters. The first-order valence-electron chi connectivity index (χ1n) is 8.34. The SMILES string of the molecule is CN=C(NCc1nc2cc(Cl)ccc2s1)N1CCCC(CC(N)=O)C1.I. The minimum Gasteiger partial charge on any atom is -0.370 e. The molecule has 1 amide bonds. The van der Waals surface area contributed by atoms with Crippen molar-refractivity contribution in [2.45, 2.75) is 25.8 Å². The van der Waals surface area contributed by atoms with Gasteiger partial charge in [-0.1, -0.05) is 11.6 Å². The van der Waals surface area contributed by atoms with Crippen LogP contribution in [0.3, 0.4) is 0 Å². The van der Waals surface area contributed by atoms with Gasteiger partial charge < -0.3 is 16.0 Å². The number of hydrogen-bond acceptors (Lipinski definition) is 4. The quantitative estimate of drug-likeness (QED) is 0.378. The van der Waals surface area contributed by atoms with Gasteiger partial charge >= 0.3 is 0 Å². The van der Waals surface area contributed by atoms with Gasteiger partial charge in [-0.2, -0.15) is 0 Å². The van der Waals surface area contributed by atoms with Gasteiger partial charge in [-0.3, -0.25) is 9.79 Å². The highest BCUT2D eigenvalue weighted by molar-refractivity contribution is 14.0. The number of fused-ring (bicyclic) bond motifs is 1. The van der Waals surface area contributed by atoms with Crippen LogP contribution < -0.4 is 11.1 Å². The van der Waals surface area contributed by atoms with Crippen molar-refractivity contribution in [1.29, 1.82) is 0 Å².